The molecule has 1 fully saturated rings. The first-order valence-electron chi connectivity index (χ1n) is 7.09. The molecule has 9 N–H and O–H groups in total. The molecule has 1 rings (SSSR count). The molecule has 0 saturated carbocycles. The predicted molar refractivity (Wildman–Crippen MR) is 81.4 cm³/mol. The maximum Gasteiger partial charge on any atom is 0.251 e. The van der Waals surface area contributed by atoms with Crippen molar-refractivity contribution in [1.29, 1.82) is 0 Å². The van der Waals surface area contributed by atoms with E-state index in [1.807, 2.05) is 0 Å². The summed E-state index contributed by atoms with van der Waals surface area (Å²) in [5.74, 6) is -1.09. The maximum atomic E-state index is 11.9. The van der Waals surface area contributed by atoms with E-state index in [0.717, 1.165) is 0 Å². The van der Waals surface area contributed by atoms with E-state index in [1.165, 1.54) is 0 Å². The molecule has 0 aromatic heterocycles. The zero-order valence-corrected chi connectivity index (χ0v) is 12.5. The Hall–Kier alpha value is -2.47. The summed E-state index contributed by atoms with van der Waals surface area (Å²) >= 11 is 0. The van der Waals surface area contributed by atoms with Gasteiger partial charge < -0.3 is 27.8 Å². The minimum absolute atomic E-state index is 0.191. The van der Waals surface area contributed by atoms with Crippen LogP contribution in [0.1, 0.15) is 19.3 Å². The van der Waals surface area contributed by atoms with Crippen molar-refractivity contribution in [2.75, 3.05) is 13.1 Å². The highest BCUT2D eigenvalue weighted by Crippen LogP contribution is 2.06. The van der Waals surface area contributed by atoms with Gasteiger partial charge in [0.1, 0.15) is 0 Å². The Bertz CT molecular complexity index is 483. The fraction of sp³-hybridized carbons (Fsp3) is 0.727. The number of guanidine groups is 1. The van der Waals surface area contributed by atoms with Gasteiger partial charge in [-0.05, 0) is 19.3 Å². The number of hydrogen-bond acceptors (Lipinski definition) is 7. The van der Waals surface area contributed by atoms with Crippen molar-refractivity contribution in [2.45, 2.75) is 37.4 Å². The largest absolute Gasteiger partial charge is 0.368 e. The van der Waals surface area contributed by atoms with Crippen molar-refractivity contribution < 1.29 is 14.6 Å². The average molecular weight is 330 g/mol. The highest BCUT2D eigenvalue weighted by atomic mass is 16.7. The van der Waals surface area contributed by atoms with Gasteiger partial charge in [0.25, 0.3) is 5.96 Å². The van der Waals surface area contributed by atoms with Gasteiger partial charge in [-0.25, -0.2) is 15.1 Å². The first-order valence-corrected chi connectivity index (χ1v) is 7.09. The van der Waals surface area contributed by atoms with E-state index >= 15 is 0 Å². The second kappa shape index (κ2) is 8.85. The van der Waals surface area contributed by atoms with Crippen molar-refractivity contribution in [1.82, 2.24) is 16.1 Å². The lowest BCUT2D eigenvalue weighted by Crippen LogP contribution is -2.46. The molecule has 23 heavy (non-hydrogen) atoms. The zero-order chi connectivity index (χ0) is 17.4. The lowest BCUT2D eigenvalue weighted by molar-refractivity contribution is -0.525. The fourth-order valence-corrected chi connectivity index (χ4v) is 2.14. The number of hydrazine groups is 1. The van der Waals surface area contributed by atoms with Crippen molar-refractivity contribution >= 4 is 17.8 Å². The van der Waals surface area contributed by atoms with Crippen LogP contribution >= 0.6 is 0 Å². The van der Waals surface area contributed by atoms with E-state index < -0.39 is 23.0 Å². The summed E-state index contributed by atoms with van der Waals surface area (Å²) < 4.78 is 0. The molecule has 130 valence electrons. The van der Waals surface area contributed by atoms with Crippen LogP contribution in [-0.4, -0.2) is 54.0 Å². The molecule has 0 radical (unpaired) electrons. The lowest BCUT2D eigenvalue weighted by Gasteiger charge is -2.16. The van der Waals surface area contributed by atoms with Crippen LogP contribution in [0.5, 0.6) is 0 Å². The van der Waals surface area contributed by atoms with Crippen LogP contribution in [0.2, 0.25) is 0 Å². The minimum atomic E-state index is -0.812. The molecule has 1 aliphatic heterocycles. The number of carbonyl (C=O) groups is 2. The summed E-state index contributed by atoms with van der Waals surface area (Å²) in [6.07, 6.45) is 1.23. The number of nitrogens with one attached hydrogen (secondary N) is 3. The van der Waals surface area contributed by atoms with Crippen LogP contribution in [0.3, 0.4) is 0 Å². The third kappa shape index (κ3) is 6.88. The summed E-state index contributed by atoms with van der Waals surface area (Å²) in [4.78, 5) is 36.7. The Morgan fingerprint density at radius 3 is 2.70 bits per heavy atom. The average Bonchev–Trinajstić information content (AvgIpc) is 2.91. The molecule has 0 bridgehead atoms. The summed E-state index contributed by atoms with van der Waals surface area (Å²) in [6.45, 7) is 0.668. The van der Waals surface area contributed by atoms with Crippen molar-refractivity contribution in [3.8, 4) is 0 Å². The molecule has 0 aliphatic carbocycles. The number of primary amides is 1. The molecule has 1 heterocycles. The van der Waals surface area contributed by atoms with Gasteiger partial charge in [-0.15, -0.1) is 0 Å². The second-order valence-corrected chi connectivity index (χ2v) is 5.19. The molecule has 0 unspecified atom stereocenters. The highest BCUT2D eigenvalue weighted by molar-refractivity contribution is 5.83. The van der Waals surface area contributed by atoms with Crippen LogP contribution in [-0.2, 0) is 9.59 Å². The van der Waals surface area contributed by atoms with Crippen molar-refractivity contribution in [3.05, 3.63) is 10.1 Å². The number of nitrogens with two attached hydrogens (primary N) is 3. The number of carbonyl (C=O) groups excluding carboxylic acids is 2. The molecule has 0 spiro atoms. The van der Waals surface area contributed by atoms with Gasteiger partial charge in [0.05, 0.1) is 12.1 Å². The number of aliphatic imine (C=N–C) groups is 1. The quantitative estimate of drug-likeness (QED) is 0.0864. The first-order chi connectivity index (χ1) is 10.8. The summed E-state index contributed by atoms with van der Waals surface area (Å²) in [5.41, 5.74) is 17.9. The van der Waals surface area contributed by atoms with Crippen LogP contribution in [0.4, 0.5) is 0 Å². The Morgan fingerprint density at radius 2 is 2.13 bits per heavy atom. The molecular formula is C11H22N8O4. The first kappa shape index (κ1) is 18.6. The molecule has 2 amide bonds. The van der Waals surface area contributed by atoms with Crippen LogP contribution < -0.4 is 33.3 Å². The smallest absolute Gasteiger partial charge is 0.251 e. The molecule has 3 atom stereocenters. The maximum absolute atomic E-state index is 11.9. The van der Waals surface area contributed by atoms with Crippen molar-refractivity contribution in [2.24, 2.45) is 22.2 Å². The van der Waals surface area contributed by atoms with Gasteiger partial charge in [-0.2, -0.15) is 0 Å². The van der Waals surface area contributed by atoms with Gasteiger partial charge in [-0.3, -0.25) is 9.59 Å². The topological polar surface area (TPSA) is 204 Å². The SMILES string of the molecule is NC(=O)[C@H]1C[C@@H](NC(=O)[C@H](N)CCCN=C(N)N[N+](=O)[O-])CN1. The van der Waals surface area contributed by atoms with E-state index in [4.69, 9.17) is 17.2 Å². The van der Waals surface area contributed by atoms with Gasteiger partial charge in [0, 0.05) is 19.1 Å². The molecule has 1 saturated heterocycles. The fourth-order valence-electron chi connectivity index (χ4n) is 2.14. The summed E-state index contributed by atoms with van der Waals surface area (Å²) in [6, 6.07) is -1.37. The molecule has 0 aromatic rings. The Balaban J connectivity index is 2.24. The Kier molecular flexibility index (Phi) is 7.15. The minimum Gasteiger partial charge on any atom is -0.368 e. The van der Waals surface area contributed by atoms with E-state index in [1.54, 1.807) is 5.43 Å². The zero-order valence-electron chi connectivity index (χ0n) is 12.5. The number of nitrogens with zero attached hydrogens (tertiary/aromatic N) is 2. The number of rotatable bonds is 8. The third-order valence-corrected chi connectivity index (χ3v) is 3.32. The van der Waals surface area contributed by atoms with Crippen molar-refractivity contribution in [3.63, 3.8) is 0 Å². The van der Waals surface area contributed by atoms with E-state index in [-0.39, 0.29) is 24.5 Å². The molecule has 0 aromatic carbocycles. The molecular weight excluding hydrogens is 308 g/mol. The van der Waals surface area contributed by atoms with E-state index in [0.29, 0.717) is 25.8 Å². The Morgan fingerprint density at radius 1 is 1.43 bits per heavy atom. The summed E-state index contributed by atoms with van der Waals surface area (Å²) in [5, 5.41) is 14.9. The Labute approximate surface area is 132 Å². The van der Waals surface area contributed by atoms with Gasteiger partial charge in [0.2, 0.25) is 11.8 Å². The van der Waals surface area contributed by atoms with E-state index in [9.17, 15) is 19.7 Å². The molecule has 12 nitrogen and oxygen atoms in total. The third-order valence-electron chi connectivity index (χ3n) is 3.32. The van der Waals surface area contributed by atoms with E-state index in [2.05, 4.69) is 15.6 Å². The predicted octanol–water partition coefficient (Wildman–Crippen LogP) is -3.48. The number of hydrogen-bond donors (Lipinski definition) is 6. The van der Waals surface area contributed by atoms with Crippen LogP contribution in [0.15, 0.2) is 4.99 Å². The highest BCUT2D eigenvalue weighted by Gasteiger charge is 2.29. The molecule has 1 aliphatic rings. The van der Waals surface area contributed by atoms with Gasteiger partial charge in [0.15, 0.2) is 5.03 Å². The van der Waals surface area contributed by atoms with Crippen LogP contribution in [0, 0.1) is 10.1 Å². The number of amides is 2. The number of nitro groups is 1. The lowest BCUT2D eigenvalue weighted by atomic mass is 10.1. The van der Waals surface area contributed by atoms with Gasteiger partial charge >= 0.3 is 0 Å². The summed E-state index contributed by atoms with van der Waals surface area (Å²) in [7, 11) is 0. The normalized spacial score (nSPS) is 22.4. The standard InChI is InChI=1S/C11H22N8O4/c12-7(2-1-3-15-11(14)18-19(22)23)10(21)17-6-4-8(9(13)20)16-5-6/h6-8,16H,1-5,12H2,(H2,13,20)(H,17,21)(H3,14,15,18)/t6-,7-,8-/m1/s1. The second-order valence-electron chi connectivity index (χ2n) is 5.19. The monoisotopic (exact) mass is 330 g/mol. The van der Waals surface area contributed by atoms with Crippen LogP contribution in [0.25, 0.3) is 0 Å². The molecule has 12 heteroatoms. The van der Waals surface area contributed by atoms with Gasteiger partial charge in [-0.1, -0.05) is 5.43 Å².